The average Bonchev–Trinajstić information content (AvgIpc) is 2.60. The normalized spacial score (nSPS) is 10.9. The van der Waals surface area contributed by atoms with E-state index in [1.54, 1.807) is 18.2 Å². The molecule has 25 heavy (non-hydrogen) atoms. The molecule has 0 aliphatic heterocycles. The quantitative estimate of drug-likeness (QED) is 0.594. The van der Waals surface area contributed by atoms with Crippen molar-refractivity contribution >= 4 is 21.9 Å². The number of hydrogen-bond donors (Lipinski definition) is 3. The second-order valence-electron chi connectivity index (χ2n) is 5.16. The summed E-state index contributed by atoms with van der Waals surface area (Å²) < 4.78 is 22.4. The van der Waals surface area contributed by atoms with Crippen LogP contribution in [0.2, 0.25) is 0 Å². The van der Waals surface area contributed by atoms with Crippen molar-refractivity contribution < 1.29 is 13.2 Å². The molecule has 8 nitrogen and oxygen atoms in total. The van der Waals surface area contributed by atoms with Crippen LogP contribution < -0.4 is 15.8 Å². The molecule has 1 heterocycles. The lowest BCUT2D eigenvalue weighted by atomic mass is 10.1. The second kappa shape index (κ2) is 8.36. The van der Waals surface area contributed by atoms with E-state index in [0.717, 1.165) is 5.56 Å². The second-order valence-corrected chi connectivity index (χ2v) is 6.72. The monoisotopic (exact) mass is 361 g/mol. The van der Waals surface area contributed by atoms with E-state index < -0.39 is 10.0 Å². The SMILES string of the molecule is C=CCNC(=O)c1cnc(NCCc2ccc(S(N)(=O)=O)cc2)nc1. The predicted octanol–water partition coefficient (Wildman–Crippen LogP) is 0.694. The van der Waals surface area contributed by atoms with Gasteiger partial charge in [-0.15, -0.1) is 6.58 Å². The molecule has 4 N–H and O–H groups in total. The van der Waals surface area contributed by atoms with Crippen molar-refractivity contribution in [3.63, 3.8) is 0 Å². The molecule has 0 aliphatic carbocycles. The molecule has 2 rings (SSSR count). The van der Waals surface area contributed by atoms with E-state index >= 15 is 0 Å². The van der Waals surface area contributed by atoms with Crippen LogP contribution in [0.25, 0.3) is 0 Å². The molecule has 132 valence electrons. The van der Waals surface area contributed by atoms with Crippen LogP contribution in [0.15, 0.2) is 54.2 Å². The fourth-order valence-electron chi connectivity index (χ4n) is 1.97. The summed E-state index contributed by atoms with van der Waals surface area (Å²) in [5.74, 6) is 0.142. The van der Waals surface area contributed by atoms with Gasteiger partial charge in [0, 0.05) is 25.5 Å². The van der Waals surface area contributed by atoms with Gasteiger partial charge in [0.15, 0.2) is 0 Å². The van der Waals surface area contributed by atoms with Gasteiger partial charge in [0.2, 0.25) is 16.0 Å². The van der Waals surface area contributed by atoms with Crippen molar-refractivity contribution in [3.05, 3.63) is 60.4 Å². The standard InChI is InChI=1S/C16H19N5O3S/c1-2-8-18-15(22)13-10-20-16(21-11-13)19-9-7-12-3-5-14(6-4-12)25(17,23)24/h2-6,10-11H,1,7-9H2,(H,18,22)(H2,17,23,24)(H,19,20,21). The number of anilines is 1. The van der Waals surface area contributed by atoms with Crippen LogP contribution in [0, 0.1) is 0 Å². The van der Waals surface area contributed by atoms with E-state index in [0.29, 0.717) is 31.0 Å². The molecule has 0 bridgehead atoms. The van der Waals surface area contributed by atoms with Gasteiger partial charge < -0.3 is 10.6 Å². The zero-order valence-corrected chi connectivity index (χ0v) is 14.3. The van der Waals surface area contributed by atoms with Crippen LogP contribution in [-0.4, -0.2) is 37.4 Å². The number of benzene rings is 1. The summed E-state index contributed by atoms with van der Waals surface area (Å²) in [6.07, 6.45) is 5.11. The van der Waals surface area contributed by atoms with E-state index in [1.807, 2.05) is 0 Å². The molecule has 0 atom stereocenters. The van der Waals surface area contributed by atoms with Crippen LogP contribution in [-0.2, 0) is 16.4 Å². The number of sulfonamides is 1. The molecule has 0 saturated heterocycles. The predicted molar refractivity (Wildman–Crippen MR) is 94.6 cm³/mol. The summed E-state index contributed by atoms with van der Waals surface area (Å²) in [7, 11) is -3.67. The molecule has 0 fully saturated rings. The van der Waals surface area contributed by atoms with E-state index in [1.165, 1.54) is 24.5 Å². The molecule has 0 unspecified atom stereocenters. The number of primary sulfonamides is 1. The van der Waals surface area contributed by atoms with Gasteiger partial charge in [0.1, 0.15) is 0 Å². The molecule has 0 saturated carbocycles. The van der Waals surface area contributed by atoms with Crippen LogP contribution in [0.1, 0.15) is 15.9 Å². The maximum Gasteiger partial charge on any atom is 0.254 e. The summed E-state index contributed by atoms with van der Waals surface area (Å²) in [5, 5.41) is 10.7. The van der Waals surface area contributed by atoms with Crippen molar-refractivity contribution in [1.82, 2.24) is 15.3 Å². The molecule has 1 aromatic heterocycles. The van der Waals surface area contributed by atoms with Crippen LogP contribution in [0.3, 0.4) is 0 Å². The lowest BCUT2D eigenvalue weighted by Gasteiger charge is -2.06. The summed E-state index contributed by atoms with van der Waals surface area (Å²) in [6.45, 7) is 4.45. The Bertz CT molecular complexity index is 833. The van der Waals surface area contributed by atoms with Gasteiger partial charge in [-0.25, -0.2) is 23.5 Å². The minimum absolute atomic E-state index is 0.0814. The molecule has 9 heteroatoms. The zero-order valence-electron chi connectivity index (χ0n) is 13.5. The molecule has 2 aromatic rings. The maximum absolute atomic E-state index is 11.7. The lowest BCUT2D eigenvalue weighted by Crippen LogP contribution is -2.23. The Kier molecular flexibility index (Phi) is 6.20. The first-order valence-electron chi connectivity index (χ1n) is 7.47. The minimum Gasteiger partial charge on any atom is -0.354 e. The third kappa shape index (κ3) is 5.66. The Morgan fingerprint density at radius 1 is 1.20 bits per heavy atom. The number of carbonyl (C=O) groups excluding carboxylic acids is 1. The number of amides is 1. The minimum atomic E-state index is -3.67. The van der Waals surface area contributed by atoms with E-state index in [-0.39, 0.29) is 10.8 Å². The van der Waals surface area contributed by atoms with Gasteiger partial charge in [0.05, 0.1) is 10.5 Å². The Labute approximate surface area is 146 Å². The number of nitrogens with one attached hydrogen (secondary N) is 2. The Morgan fingerprint density at radius 2 is 1.84 bits per heavy atom. The van der Waals surface area contributed by atoms with Crippen molar-refractivity contribution in [2.45, 2.75) is 11.3 Å². The number of carbonyl (C=O) groups is 1. The molecule has 1 aromatic carbocycles. The number of aromatic nitrogens is 2. The summed E-state index contributed by atoms with van der Waals surface area (Å²) in [6, 6.07) is 6.35. The Hall–Kier alpha value is -2.78. The Balaban J connectivity index is 1.85. The maximum atomic E-state index is 11.7. The van der Waals surface area contributed by atoms with Crippen molar-refractivity contribution in [1.29, 1.82) is 0 Å². The highest BCUT2D eigenvalue weighted by Crippen LogP contribution is 2.09. The van der Waals surface area contributed by atoms with E-state index in [2.05, 4.69) is 27.2 Å². The van der Waals surface area contributed by atoms with E-state index in [9.17, 15) is 13.2 Å². The van der Waals surface area contributed by atoms with E-state index in [4.69, 9.17) is 5.14 Å². The molecule has 0 spiro atoms. The molecular weight excluding hydrogens is 342 g/mol. The highest BCUT2D eigenvalue weighted by molar-refractivity contribution is 7.89. The zero-order chi connectivity index (χ0) is 18.3. The average molecular weight is 361 g/mol. The Morgan fingerprint density at radius 3 is 2.40 bits per heavy atom. The fraction of sp³-hybridized carbons (Fsp3) is 0.188. The molecule has 0 aliphatic rings. The third-order valence-electron chi connectivity index (χ3n) is 3.27. The highest BCUT2D eigenvalue weighted by Gasteiger charge is 2.07. The molecule has 1 amide bonds. The highest BCUT2D eigenvalue weighted by atomic mass is 32.2. The van der Waals surface area contributed by atoms with Crippen molar-refractivity contribution in [3.8, 4) is 0 Å². The van der Waals surface area contributed by atoms with Gasteiger partial charge in [-0.1, -0.05) is 18.2 Å². The van der Waals surface area contributed by atoms with Crippen molar-refractivity contribution in [2.75, 3.05) is 18.4 Å². The van der Waals surface area contributed by atoms with Gasteiger partial charge in [-0.3, -0.25) is 4.79 Å². The number of nitrogens with zero attached hydrogens (tertiary/aromatic N) is 2. The van der Waals surface area contributed by atoms with Crippen LogP contribution in [0.4, 0.5) is 5.95 Å². The summed E-state index contributed by atoms with van der Waals surface area (Å²) in [4.78, 5) is 19.9. The fourth-order valence-corrected chi connectivity index (χ4v) is 2.48. The smallest absolute Gasteiger partial charge is 0.254 e. The van der Waals surface area contributed by atoms with Crippen LogP contribution >= 0.6 is 0 Å². The summed E-state index contributed by atoms with van der Waals surface area (Å²) in [5.41, 5.74) is 1.31. The van der Waals surface area contributed by atoms with Gasteiger partial charge in [0.25, 0.3) is 5.91 Å². The van der Waals surface area contributed by atoms with Gasteiger partial charge >= 0.3 is 0 Å². The first-order chi connectivity index (χ1) is 11.9. The molecule has 0 radical (unpaired) electrons. The number of hydrogen-bond acceptors (Lipinski definition) is 6. The van der Waals surface area contributed by atoms with Crippen molar-refractivity contribution in [2.24, 2.45) is 5.14 Å². The number of nitrogens with two attached hydrogens (primary N) is 1. The van der Waals surface area contributed by atoms with Gasteiger partial charge in [-0.2, -0.15) is 0 Å². The van der Waals surface area contributed by atoms with Crippen LogP contribution in [0.5, 0.6) is 0 Å². The first kappa shape index (κ1) is 18.6. The lowest BCUT2D eigenvalue weighted by molar-refractivity contribution is 0.0957. The summed E-state index contributed by atoms with van der Waals surface area (Å²) >= 11 is 0. The first-order valence-corrected chi connectivity index (χ1v) is 9.01. The third-order valence-corrected chi connectivity index (χ3v) is 4.20. The van der Waals surface area contributed by atoms with Gasteiger partial charge in [-0.05, 0) is 24.1 Å². The molecular formula is C16H19N5O3S. The topological polar surface area (TPSA) is 127 Å². The number of rotatable bonds is 8. The largest absolute Gasteiger partial charge is 0.354 e.